The molecule has 0 heterocycles. The molecule has 0 atom stereocenters. The minimum atomic E-state index is -0.331. The Morgan fingerprint density at radius 1 is 1.16 bits per heavy atom. The fraction of sp³-hybridized carbons (Fsp3) is 0.200. The highest BCUT2D eigenvalue weighted by molar-refractivity contribution is 9.10. The van der Waals surface area contributed by atoms with Crippen LogP contribution < -0.4 is 4.90 Å². The molecular weight excluding hydrogens is 309 g/mol. The van der Waals surface area contributed by atoms with Crippen LogP contribution in [0, 0.1) is 5.82 Å². The molecule has 0 fully saturated rings. The first-order valence-corrected chi connectivity index (χ1v) is 6.73. The zero-order valence-corrected chi connectivity index (χ0v) is 12.2. The van der Waals surface area contributed by atoms with Crippen LogP contribution in [0.3, 0.4) is 0 Å². The van der Waals surface area contributed by atoms with Gasteiger partial charge >= 0.3 is 0 Å². The van der Waals surface area contributed by atoms with Gasteiger partial charge in [-0.25, -0.2) is 4.39 Å². The average molecular weight is 324 g/mol. The monoisotopic (exact) mass is 323 g/mol. The van der Waals surface area contributed by atoms with Gasteiger partial charge in [0.2, 0.25) is 0 Å². The summed E-state index contributed by atoms with van der Waals surface area (Å²) < 4.78 is 14.5. The lowest BCUT2D eigenvalue weighted by atomic mass is 10.1. The van der Waals surface area contributed by atoms with Gasteiger partial charge in [-0.1, -0.05) is 28.1 Å². The number of benzene rings is 2. The summed E-state index contributed by atoms with van der Waals surface area (Å²) in [6.07, 6.45) is 0. The smallest absolute Gasteiger partial charge is 0.125 e. The second kappa shape index (κ2) is 6.17. The normalized spacial score (nSPS) is 10.5. The highest BCUT2D eigenvalue weighted by atomic mass is 79.9. The molecule has 19 heavy (non-hydrogen) atoms. The van der Waals surface area contributed by atoms with E-state index < -0.39 is 0 Å². The Morgan fingerprint density at radius 2 is 1.95 bits per heavy atom. The van der Waals surface area contributed by atoms with Crippen molar-refractivity contribution < 1.29 is 9.50 Å². The molecule has 0 aliphatic heterocycles. The van der Waals surface area contributed by atoms with Gasteiger partial charge in [0.1, 0.15) is 5.82 Å². The molecule has 0 saturated carbocycles. The van der Waals surface area contributed by atoms with Gasteiger partial charge in [0.25, 0.3) is 0 Å². The van der Waals surface area contributed by atoms with Crippen LogP contribution in [0.25, 0.3) is 0 Å². The predicted octanol–water partition coefficient (Wildman–Crippen LogP) is 3.72. The number of nitrogens with zero attached hydrogens (tertiary/aromatic N) is 1. The van der Waals surface area contributed by atoms with Crippen LogP contribution in [0.2, 0.25) is 0 Å². The second-order valence-corrected chi connectivity index (χ2v) is 5.38. The van der Waals surface area contributed by atoms with Crippen molar-refractivity contribution in [3.05, 3.63) is 63.9 Å². The molecule has 2 aromatic carbocycles. The Labute approximate surface area is 120 Å². The van der Waals surface area contributed by atoms with Crippen LogP contribution >= 0.6 is 15.9 Å². The third kappa shape index (κ3) is 3.78. The van der Waals surface area contributed by atoms with E-state index in [1.807, 2.05) is 36.2 Å². The standard InChI is InChI=1S/C15H15BrFNO/c1-18(9-11-3-2-4-13(16)5-11)15-7-12(10-19)6-14(17)8-15/h2-8,19H,9-10H2,1H3. The first kappa shape index (κ1) is 14.0. The molecule has 0 aromatic heterocycles. The zero-order valence-electron chi connectivity index (χ0n) is 10.6. The molecule has 0 unspecified atom stereocenters. The van der Waals surface area contributed by atoms with Crippen LogP contribution in [0.5, 0.6) is 0 Å². The first-order valence-electron chi connectivity index (χ1n) is 5.94. The maximum absolute atomic E-state index is 13.4. The molecule has 2 aromatic rings. The van der Waals surface area contributed by atoms with Crippen molar-refractivity contribution in [3.8, 4) is 0 Å². The Kier molecular flexibility index (Phi) is 4.56. The van der Waals surface area contributed by atoms with E-state index in [0.29, 0.717) is 12.1 Å². The summed E-state index contributed by atoms with van der Waals surface area (Å²) in [5, 5.41) is 9.10. The van der Waals surface area contributed by atoms with Crippen molar-refractivity contribution in [1.29, 1.82) is 0 Å². The van der Waals surface area contributed by atoms with Crippen LogP contribution in [0.15, 0.2) is 46.9 Å². The SMILES string of the molecule is CN(Cc1cccc(Br)c1)c1cc(F)cc(CO)c1. The quantitative estimate of drug-likeness (QED) is 0.927. The first-order chi connectivity index (χ1) is 9.08. The number of hydrogen-bond acceptors (Lipinski definition) is 2. The number of anilines is 1. The molecule has 0 amide bonds. The minimum Gasteiger partial charge on any atom is -0.392 e. The van der Waals surface area contributed by atoms with Crippen molar-refractivity contribution in [2.75, 3.05) is 11.9 Å². The second-order valence-electron chi connectivity index (χ2n) is 4.46. The van der Waals surface area contributed by atoms with E-state index in [0.717, 1.165) is 15.7 Å². The molecule has 0 saturated heterocycles. The molecule has 0 spiro atoms. The number of hydrogen-bond donors (Lipinski definition) is 1. The van der Waals surface area contributed by atoms with Crippen LogP contribution in [-0.4, -0.2) is 12.2 Å². The maximum atomic E-state index is 13.4. The summed E-state index contributed by atoms with van der Waals surface area (Å²) in [5.74, 6) is -0.331. The Bertz CT molecular complexity index is 574. The number of rotatable bonds is 4. The van der Waals surface area contributed by atoms with Crippen molar-refractivity contribution in [1.82, 2.24) is 0 Å². The third-order valence-corrected chi connectivity index (χ3v) is 3.37. The van der Waals surface area contributed by atoms with Crippen molar-refractivity contribution >= 4 is 21.6 Å². The van der Waals surface area contributed by atoms with Crippen molar-refractivity contribution in [2.45, 2.75) is 13.2 Å². The molecule has 0 aliphatic carbocycles. The minimum absolute atomic E-state index is 0.157. The Hall–Kier alpha value is -1.39. The largest absolute Gasteiger partial charge is 0.392 e. The highest BCUT2D eigenvalue weighted by Gasteiger charge is 2.06. The van der Waals surface area contributed by atoms with E-state index >= 15 is 0 Å². The Morgan fingerprint density at radius 3 is 2.63 bits per heavy atom. The van der Waals surface area contributed by atoms with E-state index in [4.69, 9.17) is 5.11 Å². The lowest BCUT2D eigenvalue weighted by Gasteiger charge is -2.20. The summed E-state index contributed by atoms with van der Waals surface area (Å²) in [5.41, 5.74) is 2.46. The molecule has 0 radical (unpaired) electrons. The summed E-state index contributed by atoms with van der Waals surface area (Å²) in [4.78, 5) is 1.95. The van der Waals surface area contributed by atoms with E-state index in [2.05, 4.69) is 15.9 Å². The van der Waals surface area contributed by atoms with Gasteiger partial charge in [0.05, 0.1) is 6.61 Å². The average Bonchev–Trinajstić information content (AvgIpc) is 2.38. The van der Waals surface area contributed by atoms with E-state index in [1.54, 1.807) is 6.07 Å². The number of aliphatic hydroxyl groups excluding tert-OH is 1. The predicted molar refractivity (Wildman–Crippen MR) is 78.6 cm³/mol. The van der Waals surface area contributed by atoms with Crippen molar-refractivity contribution in [2.24, 2.45) is 0 Å². The number of halogens is 2. The van der Waals surface area contributed by atoms with Crippen molar-refractivity contribution in [3.63, 3.8) is 0 Å². The lowest BCUT2D eigenvalue weighted by molar-refractivity contribution is 0.281. The number of aliphatic hydroxyl groups is 1. The molecular formula is C15H15BrFNO. The van der Waals surface area contributed by atoms with Gasteiger partial charge in [0.15, 0.2) is 0 Å². The highest BCUT2D eigenvalue weighted by Crippen LogP contribution is 2.20. The summed E-state index contributed by atoms with van der Waals surface area (Å²) >= 11 is 3.43. The van der Waals surface area contributed by atoms with Gasteiger partial charge in [-0.05, 0) is 41.5 Å². The van der Waals surface area contributed by atoms with E-state index in [1.165, 1.54) is 12.1 Å². The molecule has 1 N–H and O–H groups in total. The molecule has 0 aliphatic rings. The molecule has 0 bridgehead atoms. The van der Waals surface area contributed by atoms with E-state index in [9.17, 15) is 4.39 Å². The van der Waals surface area contributed by atoms with Gasteiger partial charge in [-0.15, -0.1) is 0 Å². The van der Waals surface area contributed by atoms with Gasteiger partial charge in [-0.3, -0.25) is 0 Å². The topological polar surface area (TPSA) is 23.5 Å². The summed E-state index contributed by atoms with van der Waals surface area (Å²) in [6, 6.07) is 12.6. The van der Waals surface area contributed by atoms with Gasteiger partial charge < -0.3 is 10.0 Å². The molecule has 2 rings (SSSR count). The van der Waals surface area contributed by atoms with Gasteiger partial charge in [-0.2, -0.15) is 0 Å². The van der Waals surface area contributed by atoms with E-state index in [-0.39, 0.29) is 12.4 Å². The molecule has 4 heteroatoms. The summed E-state index contributed by atoms with van der Waals surface area (Å²) in [7, 11) is 1.90. The lowest BCUT2D eigenvalue weighted by Crippen LogP contribution is -2.16. The fourth-order valence-electron chi connectivity index (χ4n) is 1.95. The maximum Gasteiger partial charge on any atom is 0.125 e. The summed E-state index contributed by atoms with van der Waals surface area (Å²) in [6.45, 7) is 0.517. The van der Waals surface area contributed by atoms with Gasteiger partial charge in [0, 0.05) is 23.8 Å². The van der Waals surface area contributed by atoms with Crippen LogP contribution in [-0.2, 0) is 13.2 Å². The molecule has 100 valence electrons. The van der Waals surface area contributed by atoms with Crippen LogP contribution in [0.4, 0.5) is 10.1 Å². The third-order valence-electron chi connectivity index (χ3n) is 2.87. The zero-order chi connectivity index (χ0) is 13.8. The Balaban J connectivity index is 2.20. The fourth-order valence-corrected chi connectivity index (χ4v) is 2.39. The molecule has 2 nitrogen and oxygen atoms in total. The van der Waals surface area contributed by atoms with Crippen LogP contribution in [0.1, 0.15) is 11.1 Å².